The maximum absolute atomic E-state index is 12.5. The third-order valence-corrected chi connectivity index (χ3v) is 5.93. The van der Waals surface area contributed by atoms with E-state index >= 15 is 0 Å². The third-order valence-electron chi connectivity index (χ3n) is 3.06. The van der Waals surface area contributed by atoms with Crippen LogP contribution in [0.2, 0.25) is 0 Å². The Bertz CT molecular complexity index is 460. The molecule has 0 fully saturated rings. The normalized spacial score (nSPS) is 12.4. The van der Waals surface area contributed by atoms with Crippen LogP contribution in [0.1, 0.15) is 25.1 Å². The minimum absolute atomic E-state index is 0.452. The molecule has 0 radical (unpaired) electrons. The summed E-state index contributed by atoms with van der Waals surface area (Å²) >= 11 is 1.58. The van der Waals surface area contributed by atoms with Gasteiger partial charge in [-0.25, -0.2) is 0 Å². The van der Waals surface area contributed by atoms with Crippen molar-refractivity contribution < 1.29 is 8.42 Å². The standard InChI is InChI=1S/C13H25N3O2S2/c1-4-14-9-7-10-15(3)20(17,18)16(5-2)12-13-8-6-11-19-13/h6,8,11,14H,4-5,7,9-10,12H2,1-3H3. The maximum Gasteiger partial charge on any atom is 0.282 e. The highest BCUT2D eigenvalue weighted by Gasteiger charge is 2.25. The molecule has 0 amide bonds. The van der Waals surface area contributed by atoms with Gasteiger partial charge in [-0.3, -0.25) is 0 Å². The minimum atomic E-state index is -3.37. The Balaban J connectivity index is 2.59. The van der Waals surface area contributed by atoms with Gasteiger partial charge in [0.25, 0.3) is 10.2 Å². The Kier molecular flexibility index (Phi) is 7.68. The van der Waals surface area contributed by atoms with Gasteiger partial charge >= 0.3 is 0 Å². The number of rotatable bonds is 10. The smallest absolute Gasteiger partial charge is 0.282 e. The fourth-order valence-corrected chi connectivity index (χ4v) is 4.03. The van der Waals surface area contributed by atoms with E-state index in [0.29, 0.717) is 19.6 Å². The Labute approximate surface area is 126 Å². The van der Waals surface area contributed by atoms with E-state index in [4.69, 9.17) is 0 Å². The van der Waals surface area contributed by atoms with E-state index in [0.717, 1.165) is 24.4 Å². The number of nitrogens with one attached hydrogen (secondary N) is 1. The summed E-state index contributed by atoms with van der Waals surface area (Å²) in [5.74, 6) is 0. The summed E-state index contributed by atoms with van der Waals surface area (Å²) in [5.41, 5.74) is 0. The van der Waals surface area contributed by atoms with Crippen molar-refractivity contribution in [2.24, 2.45) is 0 Å². The van der Waals surface area contributed by atoms with Crippen LogP contribution in [0.3, 0.4) is 0 Å². The average molecular weight is 319 g/mol. The molecule has 0 saturated heterocycles. The van der Waals surface area contributed by atoms with Crippen LogP contribution in [0.4, 0.5) is 0 Å². The molecule has 0 unspecified atom stereocenters. The molecule has 0 atom stereocenters. The van der Waals surface area contributed by atoms with Crippen LogP contribution in [0.25, 0.3) is 0 Å². The molecule has 0 aromatic carbocycles. The van der Waals surface area contributed by atoms with Crippen molar-refractivity contribution in [3.63, 3.8) is 0 Å². The van der Waals surface area contributed by atoms with Gasteiger partial charge in [-0.1, -0.05) is 19.9 Å². The molecule has 0 spiro atoms. The van der Waals surface area contributed by atoms with Gasteiger partial charge in [0.2, 0.25) is 0 Å². The van der Waals surface area contributed by atoms with E-state index < -0.39 is 10.2 Å². The first-order valence-corrected chi connectivity index (χ1v) is 9.24. The van der Waals surface area contributed by atoms with Crippen LogP contribution in [-0.4, -0.2) is 50.3 Å². The monoisotopic (exact) mass is 319 g/mol. The van der Waals surface area contributed by atoms with E-state index in [1.807, 2.05) is 31.4 Å². The molecule has 0 aliphatic heterocycles. The van der Waals surface area contributed by atoms with E-state index in [2.05, 4.69) is 5.32 Å². The second kappa shape index (κ2) is 8.74. The molecule has 1 heterocycles. The molecular formula is C13H25N3O2S2. The summed E-state index contributed by atoms with van der Waals surface area (Å²) < 4.78 is 27.9. The van der Waals surface area contributed by atoms with E-state index in [1.165, 1.54) is 8.61 Å². The van der Waals surface area contributed by atoms with E-state index in [-0.39, 0.29) is 0 Å². The number of thiophene rings is 1. The summed E-state index contributed by atoms with van der Waals surface area (Å²) in [7, 11) is -1.72. The zero-order valence-electron chi connectivity index (χ0n) is 12.5. The number of hydrogen-bond acceptors (Lipinski definition) is 4. The predicted molar refractivity (Wildman–Crippen MR) is 85.1 cm³/mol. The lowest BCUT2D eigenvalue weighted by Gasteiger charge is -2.26. The zero-order chi connectivity index (χ0) is 15.0. The fourth-order valence-electron chi connectivity index (χ4n) is 1.85. The first-order chi connectivity index (χ1) is 9.52. The molecule has 1 rings (SSSR count). The fraction of sp³-hybridized carbons (Fsp3) is 0.692. The van der Waals surface area contributed by atoms with Crippen LogP contribution < -0.4 is 5.32 Å². The van der Waals surface area contributed by atoms with Gasteiger partial charge in [0.05, 0.1) is 0 Å². The molecular weight excluding hydrogens is 294 g/mol. The number of nitrogens with zero attached hydrogens (tertiary/aromatic N) is 2. The second-order valence-electron chi connectivity index (χ2n) is 4.54. The highest BCUT2D eigenvalue weighted by atomic mass is 32.2. The largest absolute Gasteiger partial charge is 0.317 e. The summed E-state index contributed by atoms with van der Waals surface area (Å²) in [4.78, 5) is 1.07. The second-order valence-corrected chi connectivity index (χ2v) is 7.61. The van der Waals surface area contributed by atoms with Gasteiger partial charge in [-0.2, -0.15) is 17.0 Å². The summed E-state index contributed by atoms with van der Waals surface area (Å²) in [6.45, 7) is 7.14. The molecule has 1 aromatic heterocycles. The number of hydrogen-bond donors (Lipinski definition) is 1. The van der Waals surface area contributed by atoms with Crippen LogP contribution >= 0.6 is 11.3 Å². The van der Waals surface area contributed by atoms with Crippen molar-refractivity contribution in [1.29, 1.82) is 0 Å². The van der Waals surface area contributed by atoms with Gasteiger partial charge in [0.15, 0.2) is 0 Å². The first-order valence-electron chi connectivity index (χ1n) is 6.96. The SMILES string of the molecule is CCNCCCN(C)S(=O)(=O)N(CC)Cc1cccs1. The molecule has 0 saturated carbocycles. The maximum atomic E-state index is 12.5. The molecule has 5 nitrogen and oxygen atoms in total. The summed E-state index contributed by atoms with van der Waals surface area (Å²) in [6, 6.07) is 3.91. The average Bonchev–Trinajstić information content (AvgIpc) is 2.93. The Morgan fingerprint density at radius 3 is 2.65 bits per heavy atom. The summed E-state index contributed by atoms with van der Waals surface area (Å²) in [6.07, 6.45) is 0.820. The van der Waals surface area contributed by atoms with Crippen molar-refractivity contribution in [3.8, 4) is 0 Å². The van der Waals surface area contributed by atoms with Crippen molar-refractivity contribution in [3.05, 3.63) is 22.4 Å². The quantitative estimate of drug-likeness (QED) is 0.669. The predicted octanol–water partition coefficient (Wildman–Crippen LogP) is 1.75. The molecule has 20 heavy (non-hydrogen) atoms. The van der Waals surface area contributed by atoms with Crippen LogP contribution in [-0.2, 0) is 16.8 Å². The molecule has 1 aromatic rings. The van der Waals surface area contributed by atoms with Crippen LogP contribution in [0.15, 0.2) is 17.5 Å². The van der Waals surface area contributed by atoms with Gasteiger partial charge < -0.3 is 5.32 Å². The van der Waals surface area contributed by atoms with Crippen molar-refractivity contribution in [1.82, 2.24) is 13.9 Å². The van der Waals surface area contributed by atoms with Crippen LogP contribution in [0.5, 0.6) is 0 Å². The highest BCUT2D eigenvalue weighted by Crippen LogP contribution is 2.16. The molecule has 7 heteroatoms. The van der Waals surface area contributed by atoms with Crippen LogP contribution in [0, 0.1) is 0 Å². The lowest BCUT2D eigenvalue weighted by atomic mass is 10.4. The minimum Gasteiger partial charge on any atom is -0.317 e. The summed E-state index contributed by atoms with van der Waals surface area (Å²) in [5, 5.41) is 5.17. The molecule has 0 bridgehead atoms. The Hall–Kier alpha value is -0.470. The van der Waals surface area contributed by atoms with Gasteiger partial charge in [0, 0.05) is 31.6 Å². The molecule has 0 aliphatic rings. The van der Waals surface area contributed by atoms with Gasteiger partial charge in [-0.15, -0.1) is 11.3 Å². The lowest BCUT2D eigenvalue weighted by molar-refractivity contribution is 0.362. The molecule has 0 aliphatic carbocycles. The van der Waals surface area contributed by atoms with Crippen molar-refractivity contribution in [2.45, 2.75) is 26.8 Å². The van der Waals surface area contributed by atoms with Crippen molar-refractivity contribution >= 4 is 21.5 Å². The molecule has 116 valence electrons. The Morgan fingerprint density at radius 1 is 1.35 bits per heavy atom. The van der Waals surface area contributed by atoms with Crippen molar-refractivity contribution in [2.75, 3.05) is 33.2 Å². The first kappa shape index (κ1) is 17.6. The highest BCUT2D eigenvalue weighted by molar-refractivity contribution is 7.86. The van der Waals surface area contributed by atoms with E-state index in [1.54, 1.807) is 18.4 Å². The Morgan fingerprint density at radius 2 is 2.10 bits per heavy atom. The topological polar surface area (TPSA) is 52.7 Å². The van der Waals surface area contributed by atoms with Gasteiger partial charge in [-0.05, 0) is 31.0 Å². The van der Waals surface area contributed by atoms with Gasteiger partial charge in [0.1, 0.15) is 0 Å². The third kappa shape index (κ3) is 5.14. The van der Waals surface area contributed by atoms with E-state index in [9.17, 15) is 8.42 Å². The molecule has 1 N–H and O–H groups in total. The zero-order valence-corrected chi connectivity index (χ0v) is 14.1. The lowest BCUT2D eigenvalue weighted by Crippen LogP contribution is -2.42.